The summed E-state index contributed by atoms with van der Waals surface area (Å²) in [7, 11) is 0. The van der Waals surface area contributed by atoms with Crippen molar-refractivity contribution in [3.63, 3.8) is 0 Å². The summed E-state index contributed by atoms with van der Waals surface area (Å²) in [5.41, 5.74) is 4.52. The van der Waals surface area contributed by atoms with E-state index in [4.69, 9.17) is 0 Å². The van der Waals surface area contributed by atoms with Gasteiger partial charge in [-0.25, -0.2) is 0 Å². The van der Waals surface area contributed by atoms with Crippen molar-refractivity contribution in [1.29, 1.82) is 0 Å². The number of anilines is 1. The Labute approximate surface area is 166 Å². The zero-order valence-electron chi connectivity index (χ0n) is 15.0. The third-order valence-electron chi connectivity index (χ3n) is 4.87. The van der Waals surface area contributed by atoms with Crippen LogP contribution >= 0.6 is 15.9 Å². The van der Waals surface area contributed by atoms with E-state index in [1.54, 1.807) is 12.4 Å². The summed E-state index contributed by atoms with van der Waals surface area (Å²) in [4.78, 5) is 23.3. The zero-order chi connectivity index (χ0) is 18.6. The molecule has 0 aliphatic carbocycles. The topological polar surface area (TPSA) is 58.1 Å². The molecule has 0 atom stereocenters. The minimum absolute atomic E-state index is 0.143. The predicted octanol–water partition coefficient (Wildman–Crippen LogP) is 4.63. The largest absolute Gasteiger partial charge is 0.379 e. The Bertz CT molecular complexity index is 952. The maximum atomic E-state index is 12.6. The van der Waals surface area contributed by atoms with Gasteiger partial charge in [-0.2, -0.15) is 0 Å². The van der Waals surface area contributed by atoms with Crippen molar-refractivity contribution in [1.82, 2.24) is 14.9 Å². The van der Waals surface area contributed by atoms with E-state index in [0.29, 0.717) is 6.54 Å². The van der Waals surface area contributed by atoms with Gasteiger partial charge >= 0.3 is 0 Å². The highest BCUT2D eigenvalue weighted by molar-refractivity contribution is 9.10. The number of likely N-dealkylation sites (tertiary alicyclic amines) is 1. The molecule has 1 amide bonds. The fourth-order valence-corrected chi connectivity index (χ4v) is 3.71. The molecule has 0 saturated carbocycles. The summed E-state index contributed by atoms with van der Waals surface area (Å²) < 4.78 is 0.911. The first-order chi connectivity index (χ1) is 13.2. The number of aromatic nitrogens is 2. The predicted molar refractivity (Wildman–Crippen MR) is 111 cm³/mol. The van der Waals surface area contributed by atoms with Crippen molar-refractivity contribution < 1.29 is 4.79 Å². The zero-order valence-corrected chi connectivity index (χ0v) is 16.6. The molecule has 1 aliphatic heterocycles. The summed E-state index contributed by atoms with van der Waals surface area (Å²) in [6.45, 7) is 2.41. The van der Waals surface area contributed by atoms with Gasteiger partial charge < -0.3 is 10.2 Å². The van der Waals surface area contributed by atoms with Crippen LogP contribution < -0.4 is 5.32 Å². The van der Waals surface area contributed by atoms with Crippen molar-refractivity contribution >= 4 is 38.6 Å². The molecule has 6 heteroatoms. The van der Waals surface area contributed by atoms with Crippen molar-refractivity contribution in [3.8, 4) is 0 Å². The number of pyridine rings is 2. The quantitative estimate of drug-likeness (QED) is 0.662. The van der Waals surface area contributed by atoms with Crippen LogP contribution in [-0.4, -0.2) is 33.9 Å². The highest BCUT2D eigenvalue weighted by atomic mass is 79.9. The number of halogens is 1. The van der Waals surface area contributed by atoms with Crippen molar-refractivity contribution in [2.45, 2.75) is 25.8 Å². The summed E-state index contributed by atoms with van der Waals surface area (Å²) >= 11 is 3.43. The number of amides is 1. The molecule has 1 aromatic carbocycles. The minimum atomic E-state index is 0.143. The van der Waals surface area contributed by atoms with E-state index in [1.807, 2.05) is 41.3 Å². The molecule has 1 N–H and O–H groups in total. The van der Waals surface area contributed by atoms with Gasteiger partial charge in [0.2, 0.25) is 0 Å². The fourth-order valence-electron chi connectivity index (χ4n) is 3.39. The van der Waals surface area contributed by atoms with Gasteiger partial charge in [0.25, 0.3) is 5.91 Å². The number of fused-ring (bicyclic) bond motifs is 1. The number of rotatable bonds is 4. The van der Waals surface area contributed by atoms with Gasteiger partial charge in [-0.05, 0) is 65.0 Å². The van der Waals surface area contributed by atoms with Gasteiger partial charge in [0.05, 0.1) is 11.2 Å². The maximum Gasteiger partial charge on any atom is 0.253 e. The van der Waals surface area contributed by atoms with Crippen molar-refractivity contribution in [3.05, 3.63) is 64.4 Å². The second-order valence-electron chi connectivity index (χ2n) is 6.78. The summed E-state index contributed by atoms with van der Waals surface area (Å²) in [5.74, 6) is 0.143. The molecular weight excluding hydrogens is 404 g/mol. The first kappa shape index (κ1) is 17.9. The molecule has 138 valence electrons. The highest BCUT2D eigenvalue weighted by Crippen LogP contribution is 2.22. The summed E-state index contributed by atoms with van der Waals surface area (Å²) in [6, 6.07) is 11.8. The number of benzene rings is 1. The maximum absolute atomic E-state index is 12.6. The number of piperidine rings is 1. The monoisotopic (exact) mass is 424 g/mol. The average molecular weight is 425 g/mol. The van der Waals surface area contributed by atoms with Gasteiger partial charge in [0.1, 0.15) is 5.52 Å². The lowest BCUT2D eigenvalue weighted by atomic mass is 10.1. The van der Waals surface area contributed by atoms with Gasteiger partial charge in [0, 0.05) is 42.1 Å². The Morgan fingerprint density at radius 2 is 1.85 bits per heavy atom. The normalized spacial score (nSPS) is 14.3. The molecule has 3 aromatic rings. The van der Waals surface area contributed by atoms with Crippen LogP contribution in [0, 0.1) is 0 Å². The summed E-state index contributed by atoms with van der Waals surface area (Å²) in [6.07, 6.45) is 7.00. The van der Waals surface area contributed by atoms with Gasteiger partial charge in [-0.15, -0.1) is 0 Å². The van der Waals surface area contributed by atoms with Gasteiger partial charge in [-0.3, -0.25) is 14.8 Å². The average Bonchev–Trinajstić information content (AvgIpc) is 2.72. The Morgan fingerprint density at radius 3 is 2.63 bits per heavy atom. The lowest BCUT2D eigenvalue weighted by molar-refractivity contribution is 0.0724. The van der Waals surface area contributed by atoms with Crippen molar-refractivity contribution in [2.75, 3.05) is 18.4 Å². The van der Waals surface area contributed by atoms with E-state index >= 15 is 0 Å². The molecule has 27 heavy (non-hydrogen) atoms. The molecule has 1 saturated heterocycles. The third kappa shape index (κ3) is 4.11. The Morgan fingerprint density at radius 1 is 1.07 bits per heavy atom. The molecule has 4 rings (SSSR count). The molecule has 3 heterocycles. The van der Waals surface area contributed by atoms with Crippen LogP contribution in [0.15, 0.2) is 53.3 Å². The SMILES string of the molecule is O=C(c1ccc(CNc2ccnc3cc(Br)cnc23)cc1)N1CCCCC1. The van der Waals surface area contributed by atoms with E-state index in [2.05, 4.69) is 31.2 Å². The number of nitrogens with one attached hydrogen (secondary N) is 1. The van der Waals surface area contributed by atoms with Crippen LogP contribution in [0.5, 0.6) is 0 Å². The molecule has 5 nitrogen and oxygen atoms in total. The van der Waals surface area contributed by atoms with Crippen LogP contribution in [0.4, 0.5) is 5.69 Å². The molecule has 0 spiro atoms. The number of hydrogen-bond acceptors (Lipinski definition) is 4. The minimum Gasteiger partial charge on any atom is -0.379 e. The van der Waals surface area contributed by atoms with E-state index in [0.717, 1.165) is 58.3 Å². The molecule has 0 bridgehead atoms. The molecule has 2 aromatic heterocycles. The molecular formula is C21H21BrN4O. The first-order valence-electron chi connectivity index (χ1n) is 9.23. The Balaban J connectivity index is 1.44. The van der Waals surface area contributed by atoms with E-state index in [-0.39, 0.29) is 5.91 Å². The molecule has 1 aliphatic rings. The van der Waals surface area contributed by atoms with Crippen LogP contribution in [0.2, 0.25) is 0 Å². The number of carbonyl (C=O) groups excluding carboxylic acids is 1. The molecule has 0 unspecified atom stereocenters. The van der Waals surface area contributed by atoms with E-state index in [9.17, 15) is 4.79 Å². The van der Waals surface area contributed by atoms with E-state index < -0.39 is 0 Å². The van der Waals surface area contributed by atoms with Gasteiger partial charge in [0.15, 0.2) is 0 Å². The standard InChI is InChI=1S/C21H21BrN4O/c22-17-12-19-20(25-14-17)18(8-9-23-19)24-13-15-4-6-16(7-5-15)21(27)26-10-2-1-3-11-26/h4-9,12,14H,1-3,10-11,13H2,(H,23,24). The number of hydrogen-bond donors (Lipinski definition) is 1. The number of carbonyl (C=O) groups is 1. The van der Waals surface area contributed by atoms with Crippen LogP contribution in [0.3, 0.4) is 0 Å². The van der Waals surface area contributed by atoms with Crippen LogP contribution in [0.25, 0.3) is 11.0 Å². The van der Waals surface area contributed by atoms with Crippen LogP contribution in [0.1, 0.15) is 35.2 Å². The summed E-state index contributed by atoms with van der Waals surface area (Å²) in [5, 5.41) is 3.42. The highest BCUT2D eigenvalue weighted by Gasteiger charge is 2.17. The van der Waals surface area contributed by atoms with Crippen molar-refractivity contribution in [2.24, 2.45) is 0 Å². The lowest BCUT2D eigenvalue weighted by Gasteiger charge is -2.26. The third-order valence-corrected chi connectivity index (χ3v) is 5.30. The van der Waals surface area contributed by atoms with Gasteiger partial charge in [-0.1, -0.05) is 12.1 Å². The smallest absolute Gasteiger partial charge is 0.253 e. The van der Waals surface area contributed by atoms with E-state index in [1.165, 1.54) is 6.42 Å². The van der Waals surface area contributed by atoms with Crippen LogP contribution in [-0.2, 0) is 6.54 Å². The number of nitrogens with zero attached hydrogens (tertiary/aromatic N) is 3. The Hall–Kier alpha value is -2.47. The Kier molecular flexibility index (Phi) is 5.34. The first-order valence-corrected chi connectivity index (χ1v) is 10.0. The lowest BCUT2D eigenvalue weighted by Crippen LogP contribution is -2.35. The fraction of sp³-hybridized carbons (Fsp3) is 0.286. The molecule has 0 radical (unpaired) electrons. The molecule has 1 fully saturated rings. The second-order valence-corrected chi connectivity index (χ2v) is 7.70. The second kappa shape index (κ2) is 8.05.